The molecule has 1 N–H and O–H groups in total. The third-order valence-electron chi connectivity index (χ3n) is 3.27. The van der Waals surface area contributed by atoms with Crippen LogP contribution in [0.2, 0.25) is 0 Å². The van der Waals surface area contributed by atoms with Crippen LogP contribution < -0.4 is 5.32 Å². The zero-order chi connectivity index (χ0) is 13.9. The van der Waals surface area contributed by atoms with E-state index in [9.17, 15) is 0 Å². The van der Waals surface area contributed by atoms with Crippen molar-refractivity contribution in [2.24, 2.45) is 0 Å². The van der Waals surface area contributed by atoms with Gasteiger partial charge in [-0.05, 0) is 29.7 Å². The first-order chi connectivity index (χ1) is 9.74. The molecule has 20 heavy (non-hydrogen) atoms. The topological polar surface area (TPSA) is 37.8 Å². The monoisotopic (exact) mass is 263 g/mol. The van der Waals surface area contributed by atoms with Crippen molar-refractivity contribution in [1.82, 2.24) is 9.97 Å². The maximum Gasteiger partial charge on any atom is 0.149 e. The number of nitrogens with one attached hydrogen (secondary N) is 1. The Morgan fingerprint density at radius 3 is 2.50 bits per heavy atom. The predicted molar refractivity (Wildman–Crippen MR) is 83.4 cm³/mol. The highest BCUT2D eigenvalue weighted by molar-refractivity contribution is 5.80. The summed E-state index contributed by atoms with van der Waals surface area (Å²) in [6.45, 7) is 4.35. The molecule has 1 aromatic heterocycles. The zero-order valence-corrected chi connectivity index (χ0v) is 11.7. The highest BCUT2D eigenvalue weighted by atomic mass is 15.0. The number of fused-ring (bicyclic) bond motifs is 1. The molecule has 0 aliphatic heterocycles. The molecule has 0 amide bonds. The van der Waals surface area contributed by atoms with E-state index in [1.165, 1.54) is 5.56 Å². The van der Waals surface area contributed by atoms with Gasteiger partial charge in [0.15, 0.2) is 0 Å². The average molecular weight is 263 g/mol. The maximum atomic E-state index is 4.72. The van der Waals surface area contributed by atoms with Crippen molar-refractivity contribution >= 4 is 22.5 Å². The highest BCUT2D eigenvalue weighted by Gasteiger charge is 2.08. The summed E-state index contributed by atoms with van der Waals surface area (Å²) in [5, 5.41) is 3.29. The fourth-order valence-corrected chi connectivity index (χ4v) is 2.25. The zero-order valence-electron chi connectivity index (χ0n) is 11.7. The Morgan fingerprint density at radius 1 is 0.950 bits per heavy atom. The molecular weight excluding hydrogens is 246 g/mol. The SMILES string of the molecule is CC(C)c1cccc2ncc(Nc3ccccc3)nc12. The van der Waals surface area contributed by atoms with Crippen LogP contribution in [0.25, 0.3) is 11.0 Å². The highest BCUT2D eigenvalue weighted by Crippen LogP contribution is 2.24. The van der Waals surface area contributed by atoms with Crippen LogP contribution in [0.3, 0.4) is 0 Å². The lowest BCUT2D eigenvalue weighted by Gasteiger charge is -2.10. The normalized spacial score (nSPS) is 10.9. The quantitative estimate of drug-likeness (QED) is 0.756. The molecular formula is C17H17N3. The fourth-order valence-electron chi connectivity index (χ4n) is 2.25. The van der Waals surface area contributed by atoms with Gasteiger partial charge in [0.25, 0.3) is 0 Å². The van der Waals surface area contributed by atoms with Gasteiger partial charge in [0.1, 0.15) is 5.82 Å². The van der Waals surface area contributed by atoms with Gasteiger partial charge < -0.3 is 5.32 Å². The van der Waals surface area contributed by atoms with Crippen molar-refractivity contribution in [2.45, 2.75) is 19.8 Å². The molecule has 0 bridgehead atoms. The minimum absolute atomic E-state index is 0.431. The van der Waals surface area contributed by atoms with Crippen LogP contribution in [-0.2, 0) is 0 Å². The molecule has 0 aliphatic rings. The lowest BCUT2D eigenvalue weighted by atomic mass is 10.0. The smallest absolute Gasteiger partial charge is 0.149 e. The minimum atomic E-state index is 0.431. The number of hydrogen-bond donors (Lipinski definition) is 1. The number of para-hydroxylation sites is 2. The van der Waals surface area contributed by atoms with Gasteiger partial charge in [-0.2, -0.15) is 0 Å². The van der Waals surface area contributed by atoms with Gasteiger partial charge >= 0.3 is 0 Å². The molecule has 0 radical (unpaired) electrons. The number of rotatable bonds is 3. The van der Waals surface area contributed by atoms with E-state index in [2.05, 4.69) is 30.2 Å². The first kappa shape index (κ1) is 12.6. The molecule has 2 aromatic carbocycles. The maximum absolute atomic E-state index is 4.72. The summed E-state index contributed by atoms with van der Waals surface area (Å²) in [6, 6.07) is 16.2. The molecule has 3 rings (SSSR count). The lowest BCUT2D eigenvalue weighted by molar-refractivity contribution is 0.872. The van der Waals surface area contributed by atoms with Gasteiger partial charge in [-0.15, -0.1) is 0 Å². The minimum Gasteiger partial charge on any atom is -0.339 e. The summed E-state index contributed by atoms with van der Waals surface area (Å²) in [5.74, 6) is 1.21. The number of anilines is 2. The molecule has 1 heterocycles. The Bertz CT molecular complexity index is 721. The van der Waals surface area contributed by atoms with Crippen LogP contribution in [0.1, 0.15) is 25.3 Å². The summed E-state index contributed by atoms with van der Waals surface area (Å²) in [6.07, 6.45) is 1.78. The van der Waals surface area contributed by atoms with Crippen molar-refractivity contribution < 1.29 is 0 Å². The number of nitrogens with zero attached hydrogens (tertiary/aromatic N) is 2. The van der Waals surface area contributed by atoms with E-state index in [4.69, 9.17) is 4.98 Å². The molecule has 0 unspecified atom stereocenters. The molecule has 3 aromatic rings. The summed E-state index contributed by atoms with van der Waals surface area (Å²) >= 11 is 0. The van der Waals surface area contributed by atoms with Crippen LogP contribution in [0.15, 0.2) is 54.7 Å². The first-order valence-corrected chi connectivity index (χ1v) is 6.82. The molecule has 0 saturated carbocycles. The van der Waals surface area contributed by atoms with E-state index in [0.717, 1.165) is 22.5 Å². The summed E-state index contributed by atoms with van der Waals surface area (Å²) < 4.78 is 0. The Labute approximate surface area is 118 Å². The van der Waals surface area contributed by atoms with E-state index in [0.29, 0.717) is 5.92 Å². The average Bonchev–Trinajstić information content (AvgIpc) is 2.47. The third kappa shape index (κ3) is 2.48. The van der Waals surface area contributed by atoms with Crippen LogP contribution in [0.4, 0.5) is 11.5 Å². The van der Waals surface area contributed by atoms with Gasteiger partial charge in [-0.25, -0.2) is 4.98 Å². The van der Waals surface area contributed by atoms with Crippen molar-refractivity contribution in [3.63, 3.8) is 0 Å². The molecule has 0 aliphatic carbocycles. The number of benzene rings is 2. The van der Waals surface area contributed by atoms with Crippen molar-refractivity contribution in [3.05, 3.63) is 60.3 Å². The lowest BCUT2D eigenvalue weighted by Crippen LogP contribution is -1.98. The Morgan fingerprint density at radius 2 is 1.75 bits per heavy atom. The molecule has 100 valence electrons. The molecule has 0 atom stereocenters. The summed E-state index contributed by atoms with van der Waals surface area (Å²) in [5.41, 5.74) is 4.16. The van der Waals surface area contributed by atoms with Gasteiger partial charge in [0, 0.05) is 5.69 Å². The standard InChI is InChI=1S/C17H17N3/c1-12(2)14-9-6-10-15-17(14)20-16(11-18-15)19-13-7-4-3-5-8-13/h3-12H,1-2H3,(H,19,20). The van der Waals surface area contributed by atoms with Crippen LogP contribution >= 0.6 is 0 Å². The molecule has 3 nitrogen and oxygen atoms in total. The van der Waals surface area contributed by atoms with Crippen LogP contribution in [0.5, 0.6) is 0 Å². The van der Waals surface area contributed by atoms with Crippen molar-refractivity contribution in [2.75, 3.05) is 5.32 Å². The molecule has 0 saturated heterocycles. The van der Waals surface area contributed by atoms with Gasteiger partial charge in [-0.1, -0.05) is 44.2 Å². The van der Waals surface area contributed by atoms with Gasteiger partial charge in [0.2, 0.25) is 0 Å². The van der Waals surface area contributed by atoms with Crippen molar-refractivity contribution in [3.8, 4) is 0 Å². The molecule has 3 heteroatoms. The second-order valence-corrected chi connectivity index (χ2v) is 5.12. The van der Waals surface area contributed by atoms with E-state index < -0.39 is 0 Å². The predicted octanol–water partition coefficient (Wildman–Crippen LogP) is 4.50. The van der Waals surface area contributed by atoms with E-state index >= 15 is 0 Å². The first-order valence-electron chi connectivity index (χ1n) is 6.82. The van der Waals surface area contributed by atoms with Crippen LogP contribution in [0, 0.1) is 0 Å². The Hall–Kier alpha value is -2.42. The summed E-state index contributed by atoms with van der Waals surface area (Å²) in [7, 11) is 0. The second-order valence-electron chi connectivity index (χ2n) is 5.12. The van der Waals surface area contributed by atoms with E-state index in [1.54, 1.807) is 6.20 Å². The molecule has 0 spiro atoms. The number of aromatic nitrogens is 2. The second kappa shape index (κ2) is 5.29. The van der Waals surface area contributed by atoms with Gasteiger partial charge in [-0.3, -0.25) is 4.98 Å². The largest absolute Gasteiger partial charge is 0.339 e. The fraction of sp³-hybridized carbons (Fsp3) is 0.176. The Kier molecular flexibility index (Phi) is 3.33. The molecule has 0 fully saturated rings. The van der Waals surface area contributed by atoms with E-state index in [-0.39, 0.29) is 0 Å². The van der Waals surface area contributed by atoms with Crippen LogP contribution in [-0.4, -0.2) is 9.97 Å². The van der Waals surface area contributed by atoms with Crippen molar-refractivity contribution in [1.29, 1.82) is 0 Å². The van der Waals surface area contributed by atoms with E-state index in [1.807, 2.05) is 42.5 Å². The summed E-state index contributed by atoms with van der Waals surface area (Å²) in [4.78, 5) is 9.21. The number of hydrogen-bond acceptors (Lipinski definition) is 3. The third-order valence-corrected chi connectivity index (χ3v) is 3.27. The Balaban J connectivity index is 2.03. The van der Waals surface area contributed by atoms with Gasteiger partial charge in [0.05, 0.1) is 17.2 Å².